The van der Waals surface area contributed by atoms with Crippen LogP contribution in [0.25, 0.3) is 0 Å². The Morgan fingerprint density at radius 3 is 2.33 bits per heavy atom. The molecule has 0 N–H and O–H groups in total. The summed E-state index contributed by atoms with van der Waals surface area (Å²) in [6, 6.07) is 0. The maximum atomic E-state index is 11.7. The smallest absolute Gasteiger partial charge is 0.161 e. The first-order chi connectivity index (χ1) is 7.26. The first kappa shape index (κ1) is 14.6. The highest BCUT2D eigenvalue weighted by molar-refractivity contribution is 5.82. The third-order valence-electron chi connectivity index (χ3n) is 2.54. The monoisotopic (exact) mass is 214 g/mol. The summed E-state index contributed by atoms with van der Waals surface area (Å²) in [7, 11) is 0. The van der Waals surface area contributed by atoms with Gasteiger partial charge < -0.3 is 4.74 Å². The van der Waals surface area contributed by atoms with E-state index in [2.05, 4.69) is 6.92 Å². The fourth-order valence-electron chi connectivity index (χ4n) is 1.70. The summed E-state index contributed by atoms with van der Waals surface area (Å²) in [5, 5.41) is 0. The lowest BCUT2D eigenvalue weighted by atomic mass is 10.0. The van der Waals surface area contributed by atoms with Crippen molar-refractivity contribution in [3.63, 3.8) is 0 Å². The predicted molar refractivity (Wildman–Crippen MR) is 64.1 cm³/mol. The van der Waals surface area contributed by atoms with Crippen LogP contribution in [0.5, 0.6) is 0 Å². The lowest BCUT2D eigenvalue weighted by Crippen LogP contribution is -2.24. The fourth-order valence-corrected chi connectivity index (χ4v) is 1.70. The van der Waals surface area contributed by atoms with Crippen LogP contribution in [0.1, 0.15) is 65.7 Å². The number of hydrogen-bond acceptors (Lipinski definition) is 2. The van der Waals surface area contributed by atoms with Crippen molar-refractivity contribution >= 4 is 5.78 Å². The predicted octanol–water partition coefficient (Wildman–Crippen LogP) is 3.73. The largest absolute Gasteiger partial charge is 0.371 e. The number of unbranched alkanes of at least 4 members (excludes halogenated alkanes) is 3. The van der Waals surface area contributed by atoms with Crippen molar-refractivity contribution in [2.75, 3.05) is 6.61 Å². The van der Waals surface area contributed by atoms with E-state index in [9.17, 15) is 4.79 Å². The van der Waals surface area contributed by atoms with Crippen LogP contribution >= 0.6 is 0 Å². The maximum absolute atomic E-state index is 11.7. The second-order valence-corrected chi connectivity index (χ2v) is 4.01. The summed E-state index contributed by atoms with van der Waals surface area (Å²) in [5.41, 5.74) is 0. The van der Waals surface area contributed by atoms with Gasteiger partial charge in [0, 0.05) is 13.0 Å². The minimum atomic E-state index is -0.133. The van der Waals surface area contributed by atoms with Crippen molar-refractivity contribution in [2.24, 2.45) is 0 Å². The van der Waals surface area contributed by atoms with Gasteiger partial charge in [-0.25, -0.2) is 0 Å². The van der Waals surface area contributed by atoms with Crippen LogP contribution in [-0.4, -0.2) is 18.5 Å². The third-order valence-corrected chi connectivity index (χ3v) is 2.54. The number of Topliss-reactive ketones (excluding diaryl/α,β-unsaturated/α-hetero) is 1. The Bertz CT molecular complexity index is 155. The molecule has 2 heteroatoms. The molecule has 90 valence electrons. The Balaban J connectivity index is 3.76. The average Bonchev–Trinajstić information content (AvgIpc) is 2.23. The van der Waals surface area contributed by atoms with Crippen molar-refractivity contribution in [3.8, 4) is 0 Å². The molecule has 0 bridgehead atoms. The van der Waals surface area contributed by atoms with Crippen molar-refractivity contribution in [3.05, 3.63) is 0 Å². The highest BCUT2D eigenvalue weighted by atomic mass is 16.5. The molecule has 0 spiro atoms. The van der Waals surface area contributed by atoms with E-state index in [1.165, 1.54) is 19.3 Å². The van der Waals surface area contributed by atoms with E-state index in [0.717, 1.165) is 19.3 Å². The molecule has 0 amide bonds. The molecule has 0 aliphatic heterocycles. The Labute approximate surface area is 94.4 Å². The van der Waals surface area contributed by atoms with Crippen LogP contribution in [0.4, 0.5) is 0 Å². The van der Waals surface area contributed by atoms with Crippen LogP contribution < -0.4 is 0 Å². The summed E-state index contributed by atoms with van der Waals surface area (Å²) in [5.74, 6) is 0.288. The lowest BCUT2D eigenvalue weighted by Gasteiger charge is -2.15. The van der Waals surface area contributed by atoms with Crippen LogP contribution in [0.15, 0.2) is 0 Å². The highest BCUT2D eigenvalue weighted by Crippen LogP contribution is 2.11. The molecular weight excluding hydrogens is 188 g/mol. The molecule has 0 aromatic carbocycles. The number of ether oxygens (including phenoxy) is 1. The second kappa shape index (κ2) is 10.2. The van der Waals surface area contributed by atoms with Gasteiger partial charge in [-0.3, -0.25) is 4.79 Å². The average molecular weight is 214 g/mol. The van der Waals surface area contributed by atoms with Crippen LogP contribution in [0.2, 0.25) is 0 Å². The van der Waals surface area contributed by atoms with E-state index in [1.807, 2.05) is 13.8 Å². The summed E-state index contributed by atoms with van der Waals surface area (Å²) in [4.78, 5) is 11.7. The van der Waals surface area contributed by atoms with Crippen LogP contribution in [0, 0.1) is 0 Å². The van der Waals surface area contributed by atoms with Crippen LogP contribution in [0.3, 0.4) is 0 Å². The first-order valence-electron chi connectivity index (χ1n) is 6.40. The number of rotatable bonds is 10. The summed E-state index contributed by atoms with van der Waals surface area (Å²) < 4.78 is 5.49. The van der Waals surface area contributed by atoms with Gasteiger partial charge >= 0.3 is 0 Å². The van der Waals surface area contributed by atoms with Crippen molar-refractivity contribution in [2.45, 2.75) is 71.8 Å². The van der Waals surface area contributed by atoms with Crippen molar-refractivity contribution in [1.82, 2.24) is 0 Å². The molecular formula is C13H26O2. The van der Waals surface area contributed by atoms with Gasteiger partial charge in [-0.1, -0.05) is 39.5 Å². The molecule has 0 saturated carbocycles. The van der Waals surface area contributed by atoms with Gasteiger partial charge in [-0.05, 0) is 19.8 Å². The molecule has 0 aliphatic rings. The SMILES string of the molecule is CCCCCCC(OCC)C(=O)CCC. The molecule has 0 heterocycles. The molecule has 0 fully saturated rings. The van der Waals surface area contributed by atoms with E-state index in [4.69, 9.17) is 4.74 Å². The van der Waals surface area contributed by atoms with Gasteiger partial charge in [0.05, 0.1) is 0 Å². The highest BCUT2D eigenvalue weighted by Gasteiger charge is 2.16. The van der Waals surface area contributed by atoms with E-state index in [0.29, 0.717) is 13.0 Å². The molecule has 0 aromatic heterocycles. The zero-order chi connectivity index (χ0) is 11.5. The normalized spacial score (nSPS) is 12.7. The van der Waals surface area contributed by atoms with E-state index >= 15 is 0 Å². The van der Waals surface area contributed by atoms with E-state index in [1.54, 1.807) is 0 Å². The molecule has 1 unspecified atom stereocenters. The van der Waals surface area contributed by atoms with Gasteiger partial charge in [0.25, 0.3) is 0 Å². The molecule has 0 saturated heterocycles. The Kier molecular flexibility index (Phi) is 9.91. The zero-order valence-electron chi connectivity index (χ0n) is 10.6. The number of carbonyl (C=O) groups excluding carboxylic acids is 1. The number of carbonyl (C=O) groups is 1. The second-order valence-electron chi connectivity index (χ2n) is 4.01. The van der Waals surface area contributed by atoms with Crippen molar-refractivity contribution in [1.29, 1.82) is 0 Å². The number of ketones is 1. The first-order valence-corrected chi connectivity index (χ1v) is 6.40. The summed E-state index contributed by atoms with van der Waals surface area (Å²) in [6.45, 7) is 6.84. The molecule has 0 radical (unpaired) electrons. The molecule has 0 rings (SSSR count). The van der Waals surface area contributed by atoms with Gasteiger partial charge in [-0.2, -0.15) is 0 Å². The topological polar surface area (TPSA) is 26.3 Å². The van der Waals surface area contributed by atoms with Crippen molar-refractivity contribution < 1.29 is 9.53 Å². The van der Waals surface area contributed by atoms with Gasteiger partial charge in [0.1, 0.15) is 6.10 Å². The Morgan fingerprint density at radius 2 is 1.80 bits per heavy atom. The standard InChI is InChI=1S/C13H26O2/c1-4-7-8-9-11-13(15-6-3)12(14)10-5-2/h13H,4-11H2,1-3H3. The molecule has 0 aromatic rings. The van der Waals surface area contributed by atoms with E-state index < -0.39 is 0 Å². The Morgan fingerprint density at radius 1 is 1.07 bits per heavy atom. The third kappa shape index (κ3) is 7.55. The number of hydrogen-bond donors (Lipinski definition) is 0. The summed E-state index contributed by atoms with van der Waals surface area (Å²) >= 11 is 0. The Hall–Kier alpha value is -0.370. The summed E-state index contributed by atoms with van der Waals surface area (Å²) in [6.07, 6.45) is 7.21. The minimum absolute atomic E-state index is 0.133. The minimum Gasteiger partial charge on any atom is -0.371 e. The molecule has 15 heavy (non-hydrogen) atoms. The zero-order valence-corrected chi connectivity index (χ0v) is 10.6. The van der Waals surface area contributed by atoms with E-state index in [-0.39, 0.29) is 11.9 Å². The molecule has 1 atom stereocenters. The maximum Gasteiger partial charge on any atom is 0.161 e. The van der Waals surface area contributed by atoms with Gasteiger partial charge in [0.2, 0.25) is 0 Å². The van der Waals surface area contributed by atoms with Crippen LogP contribution in [-0.2, 0) is 9.53 Å². The van der Waals surface area contributed by atoms with Gasteiger partial charge in [-0.15, -0.1) is 0 Å². The lowest BCUT2D eigenvalue weighted by molar-refractivity contribution is -0.130. The molecule has 0 aliphatic carbocycles. The van der Waals surface area contributed by atoms with Gasteiger partial charge in [0.15, 0.2) is 5.78 Å². The molecule has 2 nitrogen and oxygen atoms in total. The fraction of sp³-hybridized carbons (Fsp3) is 0.923. The quantitative estimate of drug-likeness (QED) is 0.518.